The first-order valence-electron chi connectivity index (χ1n) is 5.24. The van der Waals surface area contributed by atoms with E-state index < -0.39 is 15.3 Å². The number of carbonyl (C=O) groups excluding carboxylic acids is 1. The molecule has 0 aliphatic carbocycles. The number of halogens is 1. The number of nitrogens with zero attached hydrogens (tertiary/aromatic N) is 2. The van der Waals surface area contributed by atoms with Crippen LogP contribution in [0.2, 0.25) is 0 Å². The molecule has 0 bridgehead atoms. The lowest BCUT2D eigenvalue weighted by atomic mass is 10.3. The number of amides is 1. The predicted molar refractivity (Wildman–Crippen MR) is 70.5 cm³/mol. The van der Waals surface area contributed by atoms with Gasteiger partial charge in [-0.05, 0) is 34.5 Å². The maximum Gasteiger partial charge on any atom is 0.229 e. The monoisotopic (exact) mass is 333 g/mol. The van der Waals surface area contributed by atoms with Gasteiger partial charge in [0.05, 0.1) is 4.47 Å². The summed E-state index contributed by atoms with van der Waals surface area (Å²) in [6.07, 6.45) is 1.48. The molecule has 1 unspecified atom stereocenters. The number of hydrogen-bond acceptors (Lipinski definition) is 4. The molecule has 2 rings (SSSR count). The van der Waals surface area contributed by atoms with Gasteiger partial charge in [0.1, 0.15) is 11.1 Å². The molecule has 2 heterocycles. The fourth-order valence-electron chi connectivity index (χ4n) is 1.81. The third kappa shape index (κ3) is 2.40. The third-order valence-electron chi connectivity index (χ3n) is 2.87. The van der Waals surface area contributed by atoms with Gasteiger partial charge in [-0.2, -0.15) is 0 Å². The first kappa shape index (κ1) is 13.4. The minimum atomic E-state index is -3.70. The number of pyridine rings is 1. The van der Waals surface area contributed by atoms with Crippen molar-refractivity contribution in [2.45, 2.75) is 18.6 Å². The van der Waals surface area contributed by atoms with Gasteiger partial charge in [0.15, 0.2) is 0 Å². The second-order valence-electron chi connectivity index (χ2n) is 4.18. The molecule has 1 aromatic rings. The van der Waals surface area contributed by atoms with Crippen molar-refractivity contribution < 1.29 is 13.2 Å². The minimum Gasteiger partial charge on any atom is -0.294 e. The number of aryl methyl sites for hydroxylation is 1. The molecule has 0 radical (unpaired) electrons. The van der Waals surface area contributed by atoms with Gasteiger partial charge in [-0.1, -0.05) is 0 Å². The maximum atomic E-state index is 11.8. The molecule has 2 N–H and O–H groups in total. The van der Waals surface area contributed by atoms with Crippen molar-refractivity contribution in [3.05, 3.63) is 22.3 Å². The summed E-state index contributed by atoms with van der Waals surface area (Å²) in [4.78, 5) is 17.3. The molecule has 6 nitrogen and oxygen atoms in total. The van der Waals surface area contributed by atoms with Crippen molar-refractivity contribution in [1.29, 1.82) is 0 Å². The number of hydrogen-bond donors (Lipinski definition) is 1. The Bertz CT molecular complexity index is 602. The summed E-state index contributed by atoms with van der Waals surface area (Å²) in [5.41, 5.74) is 0.923. The molecule has 98 valence electrons. The van der Waals surface area contributed by atoms with Gasteiger partial charge >= 0.3 is 0 Å². The van der Waals surface area contributed by atoms with E-state index in [1.54, 1.807) is 12.3 Å². The van der Waals surface area contributed by atoms with E-state index in [0.29, 0.717) is 10.3 Å². The zero-order valence-corrected chi connectivity index (χ0v) is 12.0. The summed E-state index contributed by atoms with van der Waals surface area (Å²) in [6.45, 7) is 1.92. The van der Waals surface area contributed by atoms with E-state index in [1.807, 2.05) is 6.92 Å². The first-order chi connectivity index (χ1) is 8.30. The highest BCUT2D eigenvalue weighted by molar-refractivity contribution is 9.10. The SMILES string of the molecule is Cc1ccnc(N2CC(S(N)(=O)=O)CC2=O)c1Br. The molecule has 1 amide bonds. The van der Waals surface area contributed by atoms with Crippen LogP contribution in [0, 0.1) is 6.92 Å². The molecule has 1 aliphatic rings. The van der Waals surface area contributed by atoms with E-state index in [0.717, 1.165) is 5.56 Å². The quantitative estimate of drug-likeness (QED) is 0.854. The maximum absolute atomic E-state index is 11.8. The molecule has 0 aromatic carbocycles. The van der Waals surface area contributed by atoms with Crippen LogP contribution in [0.15, 0.2) is 16.7 Å². The van der Waals surface area contributed by atoms with Crippen molar-refractivity contribution in [3.63, 3.8) is 0 Å². The highest BCUT2D eigenvalue weighted by atomic mass is 79.9. The Kier molecular flexibility index (Phi) is 3.43. The zero-order chi connectivity index (χ0) is 13.5. The molecule has 1 saturated heterocycles. The van der Waals surface area contributed by atoms with Crippen LogP contribution in [0.3, 0.4) is 0 Å². The molecule has 1 atom stereocenters. The first-order valence-corrected chi connectivity index (χ1v) is 7.64. The standard InChI is InChI=1S/C10H12BrN3O3S/c1-6-2-3-13-10(9(6)11)14-5-7(4-8(14)15)18(12,16)17/h2-3,7H,4-5H2,1H3,(H2,12,16,17). The van der Waals surface area contributed by atoms with Gasteiger partial charge in [0.2, 0.25) is 15.9 Å². The van der Waals surface area contributed by atoms with Crippen LogP contribution in [-0.2, 0) is 14.8 Å². The van der Waals surface area contributed by atoms with Crippen LogP contribution in [0.4, 0.5) is 5.82 Å². The zero-order valence-electron chi connectivity index (χ0n) is 9.63. The van der Waals surface area contributed by atoms with Crippen molar-refractivity contribution >= 4 is 37.7 Å². The van der Waals surface area contributed by atoms with Gasteiger partial charge in [-0.25, -0.2) is 18.5 Å². The lowest BCUT2D eigenvalue weighted by molar-refractivity contribution is -0.117. The molecule has 18 heavy (non-hydrogen) atoms. The minimum absolute atomic E-state index is 0.0483. The number of anilines is 1. The van der Waals surface area contributed by atoms with Crippen LogP contribution in [0.5, 0.6) is 0 Å². The second kappa shape index (κ2) is 4.60. The summed E-state index contributed by atoms with van der Waals surface area (Å²) >= 11 is 3.35. The summed E-state index contributed by atoms with van der Waals surface area (Å²) in [5.74, 6) is 0.152. The molecule has 0 saturated carbocycles. The number of sulfonamides is 1. The Hall–Kier alpha value is -0.990. The highest BCUT2D eigenvalue weighted by Gasteiger charge is 2.38. The third-order valence-corrected chi connectivity index (χ3v) is 5.10. The Morgan fingerprint density at radius 2 is 2.22 bits per heavy atom. The van der Waals surface area contributed by atoms with Gasteiger partial charge in [-0.15, -0.1) is 0 Å². The number of aromatic nitrogens is 1. The Balaban J connectivity index is 2.36. The second-order valence-corrected chi connectivity index (χ2v) is 6.82. The molecule has 0 spiro atoms. The van der Waals surface area contributed by atoms with Crippen molar-refractivity contribution in [2.75, 3.05) is 11.4 Å². The van der Waals surface area contributed by atoms with Crippen LogP contribution >= 0.6 is 15.9 Å². The van der Waals surface area contributed by atoms with Gasteiger partial charge < -0.3 is 0 Å². The fraction of sp³-hybridized carbons (Fsp3) is 0.400. The molecule has 1 fully saturated rings. The van der Waals surface area contributed by atoms with E-state index >= 15 is 0 Å². The van der Waals surface area contributed by atoms with Gasteiger partial charge in [0.25, 0.3) is 0 Å². The largest absolute Gasteiger partial charge is 0.294 e. The average Bonchev–Trinajstić information content (AvgIpc) is 2.64. The van der Waals surface area contributed by atoms with Crippen LogP contribution in [0.1, 0.15) is 12.0 Å². The Morgan fingerprint density at radius 1 is 1.56 bits per heavy atom. The molecule has 1 aliphatic heterocycles. The topological polar surface area (TPSA) is 93.4 Å². The van der Waals surface area contributed by atoms with Crippen molar-refractivity contribution in [1.82, 2.24) is 4.98 Å². The van der Waals surface area contributed by atoms with Crippen LogP contribution in [0.25, 0.3) is 0 Å². The number of nitrogens with two attached hydrogens (primary N) is 1. The number of primary sulfonamides is 1. The molecule has 1 aromatic heterocycles. The van der Waals surface area contributed by atoms with Crippen LogP contribution in [-0.4, -0.2) is 31.1 Å². The van der Waals surface area contributed by atoms with E-state index in [2.05, 4.69) is 20.9 Å². The van der Waals surface area contributed by atoms with E-state index in [1.165, 1.54) is 4.90 Å². The summed E-state index contributed by atoms with van der Waals surface area (Å²) in [5, 5.41) is 4.21. The number of carbonyl (C=O) groups is 1. The lowest BCUT2D eigenvalue weighted by Crippen LogP contribution is -2.32. The summed E-state index contributed by atoms with van der Waals surface area (Å²) in [7, 11) is -3.70. The van der Waals surface area contributed by atoms with E-state index in [4.69, 9.17) is 5.14 Å². The van der Waals surface area contributed by atoms with Gasteiger partial charge in [0, 0.05) is 19.2 Å². The molecule has 8 heteroatoms. The molecular weight excluding hydrogens is 322 g/mol. The summed E-state index contributed by atoms with van der Waals surface area (Å²) in [6, 6.07) is 1.80. The van der Waals surface area contributed by atoms with Crippen LogP contribution < -0.4 is 10.0 Å². The van der Waals surface area contributed by atoms with Crippen molar-refractivity contribution in [3.8, 4) is 0 Å². The van der Waals surface area contributed by atoms with Crippen molar-refractivity contribution in [2.24, 2.45) is 5.14 Å². The average molecular weight is 334 g/mol. The Morgan fingerprint density at radius 3 is 2.78 bits per heavy atom. The highest BCUT2D eigenvalue weighted by Crippen LogP contribution is 2.30. The predicted octanol–water partition coefficient (Wildman–Crippen LogP) is 0.546. The van der Waals surface area contributed by atoms with E-state index in [9.17, 15) is 13.2 Å². The van der Waals surface area contributed by atoms with E-state index in [-0.39, 0.29) is 18.9 Å². The van der Waals surface area contributed by atoms with Gasteiger partial charge in [-0.3, -0.25) is 9.69 Å². The number of rotatable bonds is 2. The molecular formula is C10H12BrN3O3S. The normalized spacial score (nSPS) is 20.5. The summed E-state index contributed by atoms with van der Waals surface area (Å²) < 4.78 is 23.2. The lowest BCUT2D eigenvalue weighted by Gasteiger charge is -2.17. The Labute approximate surface area is 113 Å². The fourth-order valence-corrected chi connectivity index (χ4v) is 2.99. The smallest absolute Gasteiger partial charge is 0.229 e.